The minimum Gasteiger partial charge on any atom is -0.495 e. The molecule has 1 rings (SSSR count). The molecular weight excluding hydrogens is 324 g/mol. The minimum atomic E-state index is -1.08. The molecule has 2 N–H and O–H groups in total. The number of hydrogen-bond acceptors (Lipinski definition) is 4. The fraction of sp³-hybridized carbons (Fsp3) is 0.500. The van der Waals surface area contributed by atoms with Gasteiger partial charge in [0.05, 0.1) is 18.4 Å². The third-order valence-electron chi connectivity index (χ3n) is 3.63. The van der Waals surface area contributed by atoms with E-state index in [0.29, 0.717) is 18.8 Å². The number of nitrogens with one attached hydrogen (secondary N) is 1. The summed E-state index contributed by atoms with van der Waals surface area (Å²) in [4.78, 5) is 37.0. The van der Waals surface area contributed by atoms with Gasteiger partial charge in [-0.3, -0.25) is 9.59 Å². The van der Waals surface area contributed by atoms with E-state index in [-0.39, 0.29) is 36.0 Å². The summed E-state index contributed by atoms with van der Waals surface area (Å²) in [5.74, 6) is -1.17. The molecule has 1 aromatic carbocycles. The number of carbonyl (C=O) groups excluding carboxylic acids is 2. The Labute approximate surface area is 148 Å². The van der Waals surface area contributed by atoms with E-state index in [0.717, 1.165) is 12.8 Å². The van der Waals surface area contributed by atoms with Crippen LogP contribution in [0.25, 0.3) is 0 Å². The van der Waals surface area contributed by atoms with Crippen LogP contribution in [-0.2, 0) is 9.59 Å². The number of carbonyl (C=O) groups is 3. The highest BCUT2D eigenvalue weighted by Gasteiger charge is 2.15. The Morgan fingerprint density at radius 1 is 1.12 bits per heavy atom. The number of nitrogens with zero attached hydrogens (tertiary/aromatic N) is 1. The summed E-state index contributed by atoms with van der Waals surface area (Å²) in [7, 11) is 1.40. The van der Waals surface area contributed by atoms with E-state index < -0.39 is 5.97 Å². The Hall–Kier alpha value is -2.57. The van der Waals surface area contributed by atoms with Crippen molar-refractivity contribution in [2.45, 2.75) is 39.5 Å². The summed E-state index contributed by atoms with van der Waals surface area (Å²) in [5, 5.41) is 11.6. The number of aromatic carboxylic acids is 1. The number of carboxylic acid groups (broad SMARTS) is 1. The van der Waals surface area contributed by atoms with Crippen LogP contribution in [0.1, 0.15) is 49.9 Å². The van der Waals surface area contributed by atoms with Gasteiger partial charge in [-0.05, 0) is 31.0 Å². The van der Waals surface area contributed by atoms with Crippen molar-refractivity contribution < 1.29 is 24.2 Å². The van der Waals surface area contributed by atoms with Crippen LogP contribution in [0.2, 0.25) is 0 Å². The molecule has 1 aromatic rings. The first-order valence-corrected chi connectivity index (χ1v) is 8.41. The number of anilines is 1. The summed E-state index contributed by atoms with van der Waals surface area (Å²) < 4.78 is 5.11. The number of hydrogen-bond donors (Lipinski definition) is 2. The van der Waals surface area contributed by atoms with Crippen LogP contribution < -0.4 is 10.1 Å². The second-order valence-corrected chi connectivity index (χ2v) is 5.65. The van der Waals surface area contributed by atoms with Gasteiger partial charge in [-0.1, -0.05) is 13.8 Å². The first-order chi connectivity index (χ1) is 11.9. The zero-order valence-corrected chi connectivity index (χ0v) is 15.0. The third kappa shape index (κ3) is 6.45. The molecular formula is C18H26N2O5. The quantitative estimate of drug-likeness (QED) is 0.676. The molecule has 0 saturated carbocycles. The van der Waals surface area contributed by atoms with Crippen LogP contribution >= 0.6 is 0 Å². The first kappa shape index (κ1) is 20.5. The molecule has 25 heavy (non-hydrogen) atoms. The highest BCUT2D eigenvalue weighted by molar-refractivity contribution is 5.96. The van der Waals surface area contributed by atoms with Crippen LogP contribution in [0.4, 0.5) is 5.69 Å². The molecule has 138 valence electrons. The van der Waals surface area contributed by atoms with E-state index in [1.54, 1.807) is 4.90 Å². The van der Waals surface area contributed by atoms with Crippen LogP contribution in [0, 0.1) is 0 Å². The van der Waals surface area contributed by atoms with E-state index in [1.165, 1.54) is 25.3 Å². The van der Waals surface area contributed by atoms with Gasteiger partial charge < -0.3 is 20.1 Å². The second-order valence-electron chi connectivity index (χ2n) is 5.65. The van der Waals surface area contributed by atoms with Gasteiger partial charge in [0.15, 0.2) is 0 Å². The van der Waals surface area contributed by atoms with Crippen molar-refractivity contribution in [3.05, 3.63) is 23.8 Å². The topological polar surface area (TPSA) is 95.9 Å². The zero-order chi connectivity index (χ0) is 18.8. The van der Waals surface area contributed by atoms with Crippen molar-refractivity contribution in [1.82, 2.24) is 4.90 Å². The second kappa shape index (κ2) is 10.3. The molecule has 0 spiro atoms. The number of methoxy groups -OCH3 is 1. The van der Waals surface area contributed by atoms with Gasteiger partial charge in [0.2, 0.25) is 11.8 Å². The molecule has 0 aliphatic rings. The van der Waals surface area contributed by atoms with E-state index in [1.807, 2.05) is 13.8 Å². The average molecular weight is 350 g/mol. The van der Waals surface area contributed by atoms with Crippen molar-refractivity contribution in [3.63, 3.8) is 0 Å². The molecule has 7 nitrogen and oxygen atoms in total. The molecule has 0 bridgehead atoms. The number of benzene rings is 1. The summed E-state index contributed by atoms with van der Waals surface area (Å²) in [6.45, 7) is 5.41. The number of amides is 2. The molecule has 7 heteroatoms. The summed E-state index contributed by atoms with van der Waals surface area (Å²) >= 11 is 0. The van der Waals surface area contributed by atoms with Crippen molar-refractivity contribution in [2.24, 2.45) is 0 Å². The van der Waals surface area contributed by atoms with E-state index in [9.17, 15) is 14.4 Å². The molecule has 0 aliphatic heterocycles. The molecule has 0 unspecified atom stereocenters. The van der Waals surface area contributed by atoms with Crippen molar-refractivity contribution in [1.29, 1.82) is 0 Å². The first-order valence-electron chi connectivity index (χ1n) is 8.41. The number of ether oxygens (including phenoxy) is 1. The lowest BCUT2D eigenvalue weighted by Gasteiger charge is -2.21. The van der Waals surface area contributed by atoms with Gasteiger partial charge in [-0.15, -0.1) is 0 Å². The Bertz CT molecular complexity index is 609. The van der Waals surface area contributed by atoms with Gasteiger partial charge in [0.1, 0.15) is 5.75 Å². The van der Waals surface area contributed by atoms with Gasteiger partial charge >= 0.3 is 5.97 Å². The maximum Gasteiger partial charge on any atom is 0.335 e. The zero-order valence-electron chi connectivity index (χ0n) is 15.0. The standard InChI is InChI=1S/C18H26N2O5/c1-4-10-20(11-5-2)17(22)9-8-16(21)19-14-7-6-13(18(23)24)12-15(14)25-3/h6-7,12H,4-5,8-11H2,1-3H3,(H,19,21)(H,23,24). The molecule has 0 aliphatic carbocycles. The molecule has 2 amide bonds. The Morgan fingerprint density at radius 2 is 1.76 bits per heavy atom. The Morgan fingerprint density at radius 3 is 2.28 bits per heavy atom. The average Bonchev–Trinajstić information content (AvgIpc) is 2.59. The summed E-state index contributed by atoms with van der Waals surface area (Å²) in [5.41, 5.74) is 0.448. The lowest BCUT2D eigenvalue weighted by molar-refractivity contribution is -0.132. The van der Waals surface area contributed by atoms with Crippen LogP contribution in [0.5, 0.6) is 5.75 Å². The smallest absolute Gasteiger partial charge is 0.335 e. The summed E-state index contributed by atoms with van der Waals surface area (Å²) in [6, 6.07) is 4.20. The molecule has 0 saturated heterocycles. The number of carboxylic acids is 1. The predicted molar refractivity (Wildman–Crippen MR) is 95.0 cm³/mol. The Balaban J connectivity index is 2.64. The number of rotatable bonds is 10. The fourth-order valence-electron chi connectivity index (χ4n) is 2.42. The van der Waals surface area contributed by atoms with E-state index in [2.05, 4.69) is 5.32 Å². The van der Waals surface area contributed by atoms with Crippen molar-refractivity contribution in [2.75, 3.05) is 25.5 Å². The van der Waals surface area contributed by atoms with Crippen LogP contribution in [0.3, 0.4) is 0 Å². The SMILES string of the molecule is CCCN(CCC)C(=O)CCC(=O)Nc1ccc(C(=O)O)cc1OC. The van der Waals surface area contributed by atoms with Gasteiger partial charge in [0.25, 0.3) is 0 Å². The normalized spacial score (nSPS) is 10.2. The van der Waals surface area contributed by atoms with E-state index in [4.69, 9.17) is 9.84 Å². The van der Waals surface area contributed by atoms with Crippen LogP contribution in [-0.4, -0.2) is 48.0 Å². The molecule has 0 fully saturated rings. The monoisotopic (exact) mass is 350 g/mol. The highest BCUT2D eigenvalue weighted by Crippen LogP contribution is 2.25. The minimum absolute atomic E-state index is 0.0351. The lowest BCUT2D eigenvalue weighted by atomic mass is 10.1. The maximum atomic E-state index is 12.2. The van der Waals surface area contributed by atoms with Gasteiger partial charge in [-0.2, -0.15) is 0 Å². The summed E-state index contributed by atoms with van der Waals surface area (Å²) in [6.07, 6.45) is 1.96. The van der Waals surface area contributed by atoms with E-state index >= 15 is 0 Å². The van der Waals surface area contributed by atoms with Crippen molar-refractivity contribution in [3.8, 4) is 5.75 Å². The van der Waals surface area contributed by atoms with Crippen molar-refractivity contribution >= 4 is 23.5 Å². The largest absolute Gasteiger partial charge is 0.495 e. The Kier molecular flexibility index (Phi) is 8.46. The molecule has 0 atom stereocenters. The van der Waals surface area contributed by atoms with Gasteiger partial charge in [-0.25, -0.2) is 4.79 Å². The predicted octanol–water partition coefficient (Wildman–Crippen LogP) is 2.76. The maximum absolute atomic E-state index is 12.2. The van der Waals surface area contributed by atoms with Crippen LogP contribution in [0.15, 0.2) is 18.2 Å². The highest BCUT2D eigenvalue weighted by atomic mass is 16.5. The molecule has 0 aromatic heterocycles. The lowest BCUT2D eigenvalue weighted by Crippen LogP contribution is -2.33. The molecule has 0 radical (unpaired) electrons. The fourth-order valence-corrected chi connectivity index (χ4v) is 2.42. The third-order valence-corrected chi connectivity index (χ3v) is 3.63. The molecule has 0 heterocycles. The van der Waals surface area contributed by atoms with Gasteiger partial charge in [0, 0.05) is 25.9 Å².